The molecule has 0 radical (unpaired) electrons. The van der Waals surface area contributed by atoms with Crippen LogP contribution in [-0.4, -0.2) is 48.4 Å². The Bertz CT molecular complexity index is 511. The van der Waals surface area contributed by atoms with Crippen LogP contribution < -0.4 is 0 Å². The Kier molecular flexibility index (Phi) is 3.67. The van der Waals surface area contributed by atoms with Crippen LogP contribution in [0.2, 0.25) is 0 Å². The Morgan fingerprint density at radius 1 is 1.56 bits per heavy atom. The number of sulfonamides is 1. The third-order valence-electron chi connectivity index (χ3n) is 2.99. The first-order valence-corrected chi connectivity index (χ1v) is 7.09. The van der Waals surface area contributed by atoms with Crippen molar-refractivity contribution in [2.75, 3.05) is 13.7 Å². The van der Waals surface area contributed by atoms with Crippen molar-refractivity contribution in [3.63, 3.8) is 0 Å². The fraction of sp³-hybridized carbons (Fsp3) is 0.600. The minimum Gasteiger partial charge on any atom is -0.468 e. The van der Waals surface area contributed by atoms with Crippen LogP contribution in [0.4, 0.5) is 0 Å². The lowest BCUT2D eigenvalue weighted by Crippen LogP contribution is -2.48. The lowest BCUT2D eigenvalue weighted by atomic mass is 10.1. The Morgan fingerprint density at radius 2 is 2.33 bits per heavy atom. The molecule has 1 aromatic rings. The van der Waals surface area contributed by atoms with Gasteiger partial charge in [-0.2, -0.15) is 4.31 Å². The second kappa shape index (κ2) is 5.07. The van der Waals surface area contributed by atoms with Crippen molar-refractivity contribution in [3.8, 4) is 0 Å². The van der Waals surface area contributed by atoms with Crippen LogP contribution in [0.25, 0.3) is 0 Å². The monoisotopic (exact) mass is 273 g/mol. The van der Waals surface area contributed by atoms with E-state index in [0.717, 1.165) is 12.8 Å². The van der Waals surface area contributed by atoms with Crippen LogP contribution in [0.5, 0.6) is 0 Å². The van der Waals surface area contributed by atoms with Gasteiger partial charge >= 0.3 is 5.97 Å². The van der Waals surface area contributed by atoms with Crippen LogP contribution in [0.15, 0.2) is 17.6 Å². The number of ether oxygens (including phenoxy) is 1. The van der Waals surface area contributed by atoms with Crippen LogP contribution in [0.3, 0.4) is 0 Å². The summed E-state index contributed by atoms with van der Waals surface area (Å²) in [5.41, 5.74) is 0. The van der Waals surface area contributed by atoms with Crippen LogP contribution in [0, 0.1) is 0 Å². The quantitative estimate of drug-likeness (QED) is 0.790. The number of carbonyl (C=O) groups is 1. The summed E-state index contributed by atoms with van der Waals surface area (Å²) in [5, 5.41) is -0.00157. The van der Waals surface area contributed by atoms with Gasteiger partial charge in [0.15, 0.2) is 5.03 Å². The molecule has 0 aliphatic carbocycles. The van der Waals surface area contributed by atoms with Gasteiger partial charge < -0.3 is 9.72 Å². The third-order valence-corrected chi connectivity index (χ3v) is 4.82. The average molecular weight is 273 g/mol. The van der Waals surface area contributed by atoms with Crippen LogP contribution in [-0.2, 0) is 19.6 Å². The van der Waals surface area contributed by atoms with Gasteiger partial charge in [-0.25, -0.2) is 13.4 Å². The molecule has 1 aliphatic heterocycles. The van der Waals surface area contributed by atoms with Gasteiger partial charge in [-0.1, -0.05) is 0 Å². The van der Waals surface area contributed by atoms with Gasteiger partial charge in [0.05, 0.1) is 19.6 Å². The number of aromatic amines is 1. The fourth-order valence-corrected chi connectivity index (χ4v) is 3.62. The van der Waals surface area contributed by atoms with Gasteiger partial charge in [0.1, 0.15) is 6.04 Å². The highest BCUT2D eigenvalue weighted by Crippen LogP contribution is 2.24. The molecule has 1 aliphatic rings. The first kappa shape index (κ1) is 13.0. The van der Waals surface area contributed by atoms with Crippen molar-refractivity contribution in [2.24, 2.45) is 0 Å². The molecule has 0 unspecified atom stereocenters. The predicted molar refractivity (Wildman–Crippen MR) is 62.1 cm³/mol. The zero-order valence-corrected chi connectivity index (χ0v) is 10.8. The molecule has 0 saturated carbocycles. The summed E-state index contributed by atoms with van der Waals surface area (Å²) in [6, 6.07) is -0.739. The number of hydrogen-bond donors (Lipinski definition) is 1. The predicted octanol–water partition coefficient (Wildman–Crippen LogP) is 0.126. The number of imidazole rings is 1. The minimum atomic E-state index is -3.71. The van der Waals surface area contributed by atoms with Crippen molar-refractivity contribution in [1.82, 2.24) is 14.3 Å². The molecule has 1 N–H and O–H groups in total. The minimum absolute atomic E-state index is 0.00157. The smallest absolute Gasteiger partial charge is 0.324 e. The van der Waals surface area contributed by atoms with Crippen LogP contribution in [0.1, 0.15) is 19.3 Å². The summed E-state index contributed by atoms with van der Waals surface area (Å²) in [4.78, 5) is 17.9. The molecule has 0 aromatic carbocycles. The van der Waals surface area contributed by atoms with E-state index in [-0.39, 0.29) is 5.03 Å². The molecule has 1 aromatic heterocycles. The topological polar surface area (TPSA) is 92.4 Å². The van der Waals surface area contributed by atoms with Crippen LogP contribution >= 0.6 is 0 Å². The number of nitrogens with zero attached hydrogens (tertiary/aromatic N) is 2. The molecule has 8 heteroatoms. The molecule has 7 nitrogen and oxygen atoms in total. The summed E-state index contributed by atoms with van der Waals surface area (Å²) in [6.45, 7) is 0.321. The molecule has 100 valence electrons. The van der Waals surface area contributed by atoms with Gasteiger partial charge in [0.2, 0.25) is 0 Å². The molecule has 0 spiro atoms. The zero-order valence-electron chi connectivity index (χ0n) is 10.00. The third kappa shape index (κ3) is 2.25. The largest absolute Gasteiger partial charge is 0.468 e. The second-order valence-electron chi connectivity index (χ2n) is 4.07. The summed E-state index contributed by atoms with van der Waals surface area (Å²) < 4.78 is 30.5. The van der Waals surface area contributed by atoms with Crippen molar-refractivity contribution < 1.29 is 17.9 Å². The van der Waals surface area contributed by atoms with Crippen molar-refractivity contribution >= 4 is 16.0 Å². The Morgan fingerprint density at radius 3 is 2.94 bits per heavy atom. The maximum absolute atomic E-state index is 12.3. The maximum Gasteiger partial charge on any atom is 0.324 e. The molecule has 1 saturated heterocycles. The first-order valence-electron chi connectivity index (χ1n) is 5.65. The molecule has 2 heterocycles. The van der Waals surface area contributed by atoms with Gasteiger partial charge in [-0.3, -0.25) is 4.79 Å². The summed E-state index contributed by atoms with van der Waals surface area (Å²) in [6.07, 6.45) is 4.57. The Hall–Kier alpha value is -1.41. The lowest BCUT2D eigenvalue weighted by Gasteiger charge is -2.32. The summed E-state index contributed by atoms with van der Waals surface area (Å²) >= 11 is 0. The fourth-order valence-electron chi connectivity index (χ4n) is 2.07. The molecule has 18 heavy (non-hydrogen) atoms. The molecular weight excluding hydrogens is 258 g/mol. The number of H-pyrrole nitrogens is 1. The molecule has 1 atom stereocenters. The molecule has 1 fully saturated rings. The molecule has 0 bridgehead atoms. The van der Waals surface area contributed by atoms with E-state index in [1.54, 1.807) is 0 Å². The van der Waals surface area contributed by atoms with Crippen molar-refractivity contribution in [3.05, 3.63) is 12.5 Å². The SMILES string of the molecule is COC(=O)[C@H]1CCCCN1S(=O)(=O)c1cnc[nH]1. The van der Waals surface area contributed by atoms with Gasteiger partial charge in [-0.05, 0) is 19.3 Å². The molecule has 2 rings (SSSR count). The highest BCUT2D eigenvalue weighted by molar-refractivity contribution is 7.89. The highest BCUT2D eigenvalue weighted by atomic mass is 32.2. The molecular formula is C10H15N3O4S. The highest BCUT2D eigenvalue weighted by Gasteiger charge is 2.38. The first-order chi connectivity index (χ1) is 8.57. The molecule has 0 amide bonds. The van der Waals surface area contributed by atoms with Gasteiger partial charge in [0.25, 0.3) is 10.0 Å². The summed E-state index contributed by atoms with van der Waals surface area (Å²) in [7, 11) is -2.45. The number of methoxy groups -OCH3 is 1. The normalized spacial score (nSPS) is 21.7. The number of aromatic nitrogens is 2. The standard InChI is InChI=1S/C10H15N3O4S/c1-17-10(14)8-4-2-3-5-13(8)18(15,16)9-6-11-7-12-9/h6-8H,2-5H2,1H3,(H,11,12)/t8-/m1/s1. The van der Waals surface area contributed by atoms with E-state index < -0.39 is 22.0 Å². The van der Waals surface area contributed by atoms with Gasteiger partial charge in [-0.15, -0.1) is 0 Å². The zero-order chi connectivity index (χ0) is 13.2. The van der Waals surface area contributed by atoms with E-state index >= 15 is 0 Å². The number of rotatable bonds is 3. The Balaban J connectivity index is 2.32. The number of hydrogen-bond acceptors (Lipinski definition) is 5. The van der Waals surface area contributed by atoms with E-state index in [4.69, 9.17) is 0 Å². The number of piperidine rings is 1. The van der Waals surface area contributed by atoms with Crippen molar-refractivity contribution in [2.45, 2.75) is 30.3 Å². The van der Waals surface area contributed by atoms with E-state index in [1.165, 1.54) is 23.9 Å². The van der Waals surface area contributed by atoms with E-state index in [1.807, 2.05) is 0 Å². The maximum atomic E-state index is 12.3. The number of nitrogens with one attached hydrogen (secondary N) is 1. The second-order valence-corrected chi connectivity index (χ2v) is 5.93. The van der Waals surface area contributed by atoms with E-state index in [0.29, 0.717) is 13.0 Å². The number of carbonyl (C=O) groups excluding carboxylic acids is 1. The lowest BCUT2D eigenvalue weighted by molar-refractivity contribution is -0.146. The van der Waals surface area contributed by atoms with E-state index in [9.17, 15) is 13.2 Å². The summed E-state index contributed by atoms with van der Waals surface area (Å²) in [5.74, 6) is -0.516. The van der Waals surface area contributed by atoms with Gasteiger partial charge in [0, 0.05) is 6.54 Å². The average Bonchev–Trinajstić information content (AvgIpc) is 2.92. The Labute approximate surface area is 105 Å². The number of esters is 1. The van der Waals surface area contributed by atoms with E-state index in [2.05, 4.69) is 14.7 Å². The van der Waals surface area contributed by atoms with Crippen molar-refractivity contribution in [1.29, 1.82) is 0 Å².